The SMILES string of the molecule is CC(C)(C)OC(=O)NC1CC(COC(F)F)C1. The molecule has 0 heterocycles. The van der Waals surface area contributed by atoms with Gasteiger partial charge in [-0.15, -0.1) is 0 Å². The van der Waals surface area contributed by atoms with Crippen LogP contribution in [0.1, 0.15) is 33.6 Å². The van der Waals surface area contributed by atoms with E-state index in [2.05, 4.69) is 10.1 Å². The summed E-state index contributed by atoms with van der Waals surface area (Å²) in [7, 11) is 0. The van der Waals surface area contributed by atoms with Crippen LogP contribution in [0.3, 0.4) is 0 Å². The van der Waals surface area contributed by atoms with E-state index in [1.54, 1.807) is 20.8 Å². The molecule has 0 unspecified atom stereocenters. The zero-order chi connectivity index (χ0) is 13.1. The molecule has 0 aliphatic heterocycles. The lowest BCUT2D eigenvalue weighted by Gasteiger charge is -2.35. The van der Waals surface area contributed by atoms with E-state index in [4.69, 9.17) is 4.74 Å². The molecule has 1 N–H and O–H groups in total. The summed E-state index contributed by atoms with van der Waals surface area (Å²) in [5.74, 6) is 0.101. The number of nitrogens with one attached hydrogen (secondary N) is 1. The molecule has 0 aromatic carbocycles. The molecule has 1 aliphatic rings. The normalized spacial score (nSPS) is 24.4. The van der Waals surface area contributed by atoms with Gasteiger partial charge in [-0.05, 0) is 39.5 Å². The molecule has 0 atom stereocenters. The van der Waals surface area contributed by atoms with Gasteiger partial charge in [0.25, 0.3) is 0 Å². The second-order valence-electron chi connectivity index (χ2n) is 5.27. The minimum atomic E-state index is -2.71. The Labute approximate surface area is 99.7 Å². The Bertz CT molecular complexity index is 260. The minimum absolute atomic E-state index is 0.0103. The molecule has 1 fully saturated rings. The summed E-state index contributed by atoms with van der Waals surface area (Å²) in [4.78, 5) is 11.4. The fourth-order valence-electron chi connectivity index (χ4n) is 1.67. The number of alkyl halides is 2. The zero-order valence-corrected chi connectivity index (χ0v) is 10.3. The zero-order valence-electron chi connectivity index (χ0n) is 10.3. The Morgan fingerprint density at radius 2 is 2.00 bits per heavy atom. The first kappa shape index (κ1) is 14.2. The summed E-state index contributed by atoms with van der Waals surface area (Å²) in [5.41, 5.74) is -0.522. The average molecular weight is 251 g/mol. The molecular formula is C11H19F2NO3. The highest BCUT2D eigenvalue weighted by molar-refractivity contribution is 5.68. The maximum atomic E-state index is 11.7. The van der Waals surface area contributed by atoms with E-state index in [0.717, 1.165) is 0 Å². The molecule has 100 valence electrons. The van der Waals surface area contributed by atoms with Crippen molar-refractivity contribution in [2.24, 2.45) is 5.92 Å². The summed E-state index contributed by atoms with van der Waals surface area (Å²) in [6, 6.07) is 0.0103. The third kappa shape index (κ3) is 5.81. The molecule has 1 saturated carbocycles. The monoisotopic (exact) mass is 251 g/mol. The van der Waals surface area contributed by atoms with Crippen molar-refractivity contribution in [1.82, 2.24) is 5.32 Å². The van der Waals surface area contributed by atoms with Crippen LogP contribution in [0.5, 0.6) is 0 Å². The van der Waals surface area contributed by atoms with Gasteiger partial charge in [0.15, 0.2) is 0 Å². The molecule has 1 amide bonds. The van der Waals surface area contributed by atoms with Crippen molar-refractivity contribution in [3.05, 3.63) is 0 Å². The molecule has 4 nitrogen and oxygen atoms in total. The third-order valence-corrected chi connectivity index (χ3v) is 2.41. The van der Waals surface area contributed by atoms with Gasteiger partial charge in [-0.25, -0.2) is 4.79 Å². The maximum absolute atomic E-state index is 11.7. The number of halogens is 2. The van der Waals surface area contributed by atoms with Crippen LogP contribution in [0, 0.1) is 5.92 Å². The van der Waals surface area contributed by atoms with Crippen LogP contribution in [0.4, 0.5) is 13.6 Å². The summed E-state index contributed by atoms with van der Waals surface area (Å²) in [6.45, 7) is 2.68. The van der Waals surface area contributed by atoms with Crippen molar-refractivity contribution in [2.75, 3.05) is 6.61 Å². The summed E-state index contributed by atoms with van der Waals surface area (Å²) < 4.78 is 32.8. The van der Waals surface area contributed by atoms with Crippen molar-refractivity contribution in [3.63, 3.8) is 0 Å². The van der Waals surface area contributed by atoms with Crippen molar-refractivity contribution in [1.29, 1.82) is 0 Å². The standard InChI is InChI=1S/C11H19F2NO3/c1-11(2,3)17-10(15)14-8-4-7(5-8)6-16-9(12)13/h7-9H,4-6H2,1-3H3,(H,14,15). The number of hydrogen-bond acceptors (Lipinski definition) is 3. The van der Waals surface area contributed by atoms with Crippen LogP contribution in [0.25, 0.3) is 0 Å². The van der Waals surface area contributed by atoms with Crippen LogP contribution in [0.15, 0.2) is 0 Å². The lowest BCUT2D eigenvalue weighted by molar-refractivity contribution is -0.145. The van der Waals surface area contributed by atoms with Gasteiger partial charge in [-0.2, -0.15) is 8.78 Å². The second kappa shape index (κ2) is 5.62. The number of carbonyl (C=O) groups is 1. The third-order valence-electron chi connectivity index (χ3n) is 2.41. The van der Waals surface area contributed by atoms with Gasteiger partial charge in [0.1, 0.15) is 5.60 Å². The lowest BCUT2D eigenvalue weighted by Crippen LogP contribution is -2.47. The maximum Gasteiger partial charge on any atom is 0.407 e. The summed E-state index contributed by atoms with van der Waals surface area (Å²) in [6.07, 6.45) is 0.855. The van der Waals surface area contributed by atoms with E-state index < -0.39 is 18.3 Å². The van der Waals surface area contributed by atoms with Gasteiger partial charge in [-0.1, -0.05) is 0 Å². The predicted molar refractivity (Wildman–Crippen MR) is 57.8 cm³/mol. The fourth-order valence-corrected chi connectivity index (χ4v) is 1.67. The highest BCUT2D eigenvalue weighted by atomic mass is 19.3. The van der Waals surface area contributed by atoms with Crippen molar-refractivity contribution in [2.45, 2.75) is 51.9 Å². The quantitative estimate of drug-likeness (QED) is 0.835. The van der Waals surface area contributed by atoms with E-state index in [9.17, 15) is 13.6 Å². The van der Waals surface area contributed by atoms with Gasteiger partial charge in [0.05, 0.1) is 6.61 Å². The number of ether oxygens (including phenoxy) is 2. The molecule has 0 radical (unpaired) electrons. The van der Waals surface area contributed by atoms with E-state index in [0.29, 0.717) is 12.8 Å². The number of amides is 1. The Balaban J connectivity index is 2.11. The van der Waals surface area contributed by atoms with Crippen LogP contribution in [0.2, 0.25) is 0 Å². The molecule has 17 heavy (non-hydrogen) atoms. The molecule has 6 heteroatoms. The van der Waals surface area contributed by atoms with Gasteiger partial charge in [0, 0.05) is 6.04 Å². The Morgan fingerprint density at radius 1 is 1.41 bits per heavy atom. The van der Waals surface area contributed by atoms with Gasteiger partial charge < -0.3 is 14.8 Å². The molecule has 0 aromatic heterocycles. The minimum Gasteiger partial charge on any atom is -0.444 e. The molecule has 0 bridgehead atoms. The Morgan fingerprint density at radius 3 is 2.47 bits per heavy atom. The van der Waals surface area contributed by atoms with Crippen molar-refractivity contribution in [3.8, 4) is 0 Å². The largest absolute Gasteiger partial charge is 0.444 e. The highest BCUT2D eigenvalue weighted by Crippen LogP contribution is 2.28. The van der Waals surface area contributed by atoms with Crippen molar-refractivity contribution < 1.29 is 23.0 Å². The average Bonchev–Trinajstić information content (AvgIpc) is 2.04. The molecule has 0 spiro atoms. The molecule has 0 saturated heterocycles. The van der Waals surface area contributed by atoms with E-state index in [1.165, 1.54) is 0 Å². The fraction of sp³-hybridized carbons (Fsp3) is 0.909. The lowest BCUT2D eigenvalue weighted by atomic mass is 9.81. The van der Waals surface area contributed by atoms with Crippen LogP contribution < -0.4 is 5.32 Å². The first-order valence-corrected chi connectivity index (χ1v) is 5.65. The number of alkyl carbamates (subject to hydrolysis) is 1. The Kier molecular flexibility index (Phi) is 4.68. The topological polar surface area (TPSA) is 47.6 Å². The van der Waals surface area contributed by atoms with Crippen molar-refractivity contribution >= 4 is 6.09 Å². The van der Waals surface area contributed by atoms with Gasteiger partial charge >= 0.3 is 12.7 Å². The molecular weight excluding hydrogens is 232 g/mol. The van der Waals surface area contributed by atoms with Gasteiger partial charge in [0.2, 0.25) is 0 Å². The van der Waals surface area contributed by atoms with Gasteiger partial charge in [-0.3, -0.25) is 0 Å². The van der Waals surface area contributed by atoms with Crippen LogP contribution >= 0.6 is 0 Å². The molecule has 1 rings (SSSR count). The Hall–Kier alpha value is -0.910. The first-order chi connectivity index (χ1) is 7.76. The van der Waals surface area contributed by atoms with E-state index in [-0.39, 0.29) is 18.6 Å². The first-order valence-electron chi connectivity index (χ1n) is 5.65. The highest BCUT2D eigenvalue weighted by Gasteiger charge is 2.32. The summed E-state index contributed by atoms with van der Waals surface area (Å²) >= 11 is 0. The predicted octanol–water partition coefficient (Wildman–Crippen LogP) is 2.53. The summed E-state index contributed by atoms with van der Waals surface area (Å²) in [5, 5.41) is 2.69. The number of hydrogen-bond donors (Lipinski definition) is 1. The van der Waals surface area contributed by atoms with Crippen LogP contribution in [-0.2, 0) is 9.47 Å². The number of rotatable bonds is 4. The van der Waals surface area contributed by atoms with E-state index in [1.807, 2.05) is 0 Å². The molecule has 1 aliphatic carbocycles. The second-order valence-corrected chi connectivity index (χ2v) is 5.27. The van der Waals surface area contributed by atoms with Crippen LogP contribution in [-0.4, -0.2) is 31.0 Å². The molecule has 0 aromatic rings. The number of carbonyl (C=O) groups excluding carboxylic acids is 1. The van der Waals surface area contributed by atoms with E-state index >= 15 is 0 Å². The smallest absolute Gasteiger partial charge is 0.407 e.